The fourth-order valence-electron chi connectivity index (χ4n) is 0.654. The first kappa shape index (κ1) is 6.95. The van der Waals surface area contributed by atoms with Gasteiger partial charge < -0.3 is 14.5 Å². The quantitative estimate of drug-likeness (QED) is 0.573. The highest BCUT2D eigenvalue weighted by atomic mass is 16.3. The summed E-state index contributed by atoms with van der Waals surface area (Å²) in [5.74, 6) is 0. The van der Waals surface area contributed by atoms with E-state index in [9.17, 15) is 4.79 Å². The van der Waals surface area contributed by atoms with Crippen molar-refractivity contribution < 1.29 is 9.90 Å². The molecule has 0 bridgehead atoms. The van der Waals surface area contributed by atoms with Crippen LogP contribution in [0.4, 0.5) is 0 Å². The fraction of sp³-hybridized carbons (Fsp3) is 0.333. The van der Waals surface area contributed by atoms with Gasteiger partial charge in [0, 0.05) is 12.4 Å². The fourth-order valence-corrected chi connectivity index (χ4v) is 0.654. The molecular weight excluding hydrogens is 132 g/mol. The molecule has 0 aliphatic rings. The molecule has 4 nitrogen and oxygen atoms in total. The third-order valence-electron chi connectivity index (χ3n) is 1.11. The first-order valence-electron chi connectivity index (χ1n) is 2.92. The van der Waals surface area contributed by atoms with Gasteiger partial charge >= 0.3 is 0 Å². The molecule has 10 heavy (non-hydrogen) atoms. The molecule has 1 rings (SSSR count). The van der Waals surface area contributed by atoms with Gasteiger partial charge in [-0.15, -0.1) is 0 Å². The van der Waals surface area contributed by atoms with Gasteiger partial charge in [0.25, 0.3) is 0 Å². The summed E-state index contributed by atoms with van der Waals surface area (Å²) in [4.78, 5) is 13.7. The third-order valence-corrected chi connectivity index (χ3v) is 1.11. The number of carbonyl (C=O) groups is 1. The number of nitrogens with zero attached hydrogens (tertiary/aromatic N) is 2. The van der Waals surface area contributed by atoms with Crippen molar-refractivity contribution in [3.63, 3.8) is 0 Å². The number of aromatic nitrogens is 2. The van der Waals surface area contributed by atoms with Crippen LogP contribution in [0.2, 0.25) is 0 Å². The Morgan fingerprint density at radius 3 is 3.10 bits per heavy atom. The zero-order valence-electron chi connectivity index (χ0n) is 5.34. The van der Waals surface area contributed by atoms with Gasteiger partial charge in [0.1, 0.15) is 12.4 Å². The second-order valence-electron chi connectivity index (χ2n) is 1.96. The van der Waals surface area contributed by atoms with Gasteiger partial charge in [-0.05, 0) is 0 Å². The van der Waals surface area contributed by atoms with Crippen LogP contribution in [0.25, 0.3) is 0 Å². The van der Waals surface area contributed by atoms with Crippen LogP contribution in [-0.2, 0) is 11.3 Å². The minimum atomic E-state index is -0.922. The molecule has 0 amide bonds. The summed E-state index contributed by atoms with van der Waals surface area (Å²) in [6, 6.07) is 0. The predicted octanol–water partition coefficient (Wildman–Crippen LogP) is -0.557. The highest BCUT2D eigenvalue weighted by Crippen LogP contribution is 1.88. The normalized spacial score (nSPS) is 12.9. The smallest absolute Gasteiger partial charge is 0.150 e. The summed E-state index contributed by atoms with van der Waals surface area (Å²) in [7, 11) is 0. The second-order valence-corrected chi connectivity index (χ2v) is 1.96. The molecule has 1 N–H and O–H groups in total. The lowest BCUT2D eigenvalue weighted by Gasteiger charge is -2.01. The van der Waals surface area contributed by atoms with Gasteiger partial charge in [-0.1, -0.05) is 0 Å². The minimum absolute atomic E-state index is 0.281. The molecule has 0 saturated heterocycles. The number of aldehydes is 1. The molecule has 0 saturated carbocycles. The van der Waals surface area contributed by atoms with E-state index in [-0.39, 0.29) is 6.54 Å². The van der Waals surface area contributed by atoms with Gasteiger partial charge in [-0.25, -0.2) is 4.98 Å². The Bertz CT molecular complexity index is 196. The van der Waals surface area contributed by atoms with Gasteiger partial charge in [0.15, 0.2) is 0 Å². The van der Waals surface area contributed by atoms with Gasteiger partial charge in [-0.3, -0.25) is 0 Å². The van der Waals surface area contributed by atoms with E-state index < -0.39 is 6.10 Å². The van der Waals surface area contributed by atoms with Crippen molar-refractivity contribution in [2.75, 3.05) is 0 Å². The van der Waals surface area contributed by atoms with Crippen molar-refractivity contribution in [2.24, 2.45) is 0 Å². The summed E-state index contributed by atoms with van der Waals surface area (Å²) in [5, 5.41) is 8.81. The third kappa shape index (κ3) is 1.66. The molecule has 1 unspecified atom stereocenters. The standard InChI is InChI=1S/C6H8N2O2/c9-4-6(10)3-8-2-1-7-5-8/h1-2,4-6,10H,3H2. The number of carbonyl (C=O) groups excluding carboxylic acids is 1. The Labute approximate surface area is 58.1 Å². The molecule has 0 radical (unpaired) electrons. The molecule has 54 valence electrons. The van der Waals surface area contributed by atoms with Gasteiger partial charge in [-0.2, -0.15) is 0 Å². The van der Waals surface area contributed by atoms with Crippen molar-refractivity contribution in [3.05, 3.63) is 18.7 Å². The molecule has 0 fully saturated rings. The molecule has 0 aliphatic heterocycles. The van der Waals surface area contributed by atoms with E-state index in [1.165, 1.54) is 0 Å². The molecular formula is C6H8N2O2. The van der Waals surface area contributed by atoms with Gasteiger partial charge in [0.05, 0.1) is 12.9 Å². The van der Waals surface area contributed by atoms with Crippen molar-refractivity contribution in [2.45, 2.75) is 12.6 Å². The van der Waals surface area contributed by atoms with Crippen LogP contribution in [0.15, 0.2) is 18.7 Å². The zero-order valence-corrected chi connectivity index (χ0v) is 5.34. The molecule has 0 aromatic carbocycles. The molecule has 1 heterocycles. The van der Waals surface area contributed by atoms with E-state index >= 15 is 0 Å². The largest absolute Gasteiger partial charge is 0.384 e. The van der Waals surface area contributed by atoms with Crippen LogP contribution in [0, 0.1) is 0 Å². The lowest BCUT2D eigenvalue weighted by atomic mass is 10.4. The minimum Gasteiger partial charge on any atom is -0.384 e. The van der Waals surface area contributed by atoms with Crippen LogP contribution < -0.4 is 0 Å². The van der Waals surface area contributed by atoms with Crippen molar-refractivity contribution in [1.29, 1.82) is 0 Å². The molecule has 1 aromatic rings. The maximum Gasteiger partial charge on any atom is 0.150 e. The Kier molecular flexibility index (Phi) is 2.17. The first-order valence-corrected chi connectivity index (χ1v) is 2.92. The number of rotatable bonds is 3. The molecule has 0 aliphatic carbocycles. The van der Waals surface area contributed by atoms with E-state index in [1.807, 2.05) is 0 Å². The van der Waals surface area contributed by atoms with E-state index in [1.54, 1.807) is 23.3 Å². The number of aliphatic hydroxyl groups is 1. The van der Waals surface area contributed by atoms with Crippen LogP contribution >= 0.6 is 0 Å². The Hall–Kier alpha value is -1.16. The number of imidazole rings is 1. The molecule has 1 atom stereocenters. The highest BCUT2D eigenvalue weighted by Gasteiger charge is 2.00. The lowest BCUT2D eigenvalue weighted by Crippen LogP contribution is -2.15. The van der Waals surface area contributed by atoms with Crippen LogP contribution in [0.3, 0.4) is 0 Å². The Balaban J connectivity index is 2.47. The van der Waals surface area contributed by atoms with Crippen molar-refractivity contribution in [1.82, 2.24) is 9.55 Å². The van der Waals surface area contributed by atoms with E-state index in [2.05, 4.69) is 4.98 Å². The number of hydrogen-bond acceptors (Lipinski definition) is 3. The zero-order chi connectivity index (χ0) is 7.40. The molecule has 4 heteroatoms. The van der Waals surface area contributed by atoms with Crippen LogP contribution in [0.5, 0.6) is 0 Å². The summed E-state index contributed by atoms with van der Waals surface area (Å²) in [5.41, 5.74) is 0. The maximum atomic E-state index is 9.95. The summed E-state index contributed by atoms with van der Waals surface area (Å²) in [6.45, 7) is 0.281. The van der Waals surface area contributed by atoms with Gasteiger partial charge in [0.2, 0.25) is 0 Å². The molecule has 0 spiro atoms. The van der Waals surface area contributed by atoms with Crippen molar-refractivity contribution >= 4 is 6.29 Å². The monoisotopic (exact) mass is 140 g/mol. The highest BCUT2D eigenvalue weighted by molar-refractivity contribution is 5.55. The Morgan fingerprint density at radius 2 is 2.60 bits per heavy atom. The van der Waals surface area contributed by atoms with Crippen molar-refractivity contribution in [3.8, 4) is 0 Å². The summed E-state index contributed by atoms with van der Waals surface area (Å²) < 4.78 is 1.64. The number of hydrogen-bond donors (Lipinski definition) is 1. The number of aliphatic hydroxyl groups excluding tert-OH is 1. The van der Waals surface area contributed by atoms with Crippen LogP contribution in [-0.4, -0.2) is 27.0 Å². The predicted molar refractivity (Wildman–Crippen MR) is 34.3 cm³/mol. The van der Waals surface area contributed by atoms with Crippen LogP contribution in [0.1, 0.15) is 0 Å². The van der Waals surface area contributed by atoms with E-state index in [4.69, 9.17) is 5.11 Å². The Morgan fingerprint density at radius 1 is 1.80 bits per heavy atom. The second kappa shape index (κ2) is 3.12. The van der Waals surface area contributed by atoms with E-state index in [0.717, 1.165) is 0 Å². The molecule has 1 aromatic heterocycles. The first-order chi connectivity index (χ1) is 4.83. The summed E-state index contributed by atoms with van der Waals surface area (Å²) >= 11 is 0. The topological polar surface area (TPSA) is 55.1 Å². The SMILES string of the molecule is O=CC(O)Cn1ccnc1. The average molecular weight is 140 g/mol. The summed E-state index contributed by atoms with van der Waals surface area (Å²) in [6.07, 6.45) is 4.41. The lowest BCUT2D eigenvalue weighted by molar-refractivity contribution is -0.115. The maximum absolute atomic E-state index is 9.95. The van der Waals surface area contributed by atoms with E-state index in [0.29, 0.717) is 6.29 Å². The average Bonchev–Trinajstić information content (AvgIpc) is 2.40.